The lowest BCUT2D eigenvalue weighted by Gasteiger charge is -2.42. The van der Waals surface area contributed by atoms with E-state index >= 15 is 0 Å². The minimum atomic E-state index is -4.17. The molecule has 6 heteroatoms. The first-order valence-electron chi connectivity index (χ1n) is 29.7. The normalized spacial score (nSPS) is 38.5. The molecule has 4 aromatic rings. The van der Waals surface area contributed by atoms with Crippen molar-refractivity contribution in [1.82, 2.24) is 9.80 Å². The van der Waals surface area contributed by atoms with Gasteiger partial charge in [-0.3, -0.25) is 9.80 Å². The molecule has 3 N–H and O–H groups in total. The summed E-state index contributed by atoms with van der Waals surface area (Å²) in [7, 11) is -3.72. The van der Waals surface area contributed by atoms with Gasteiger partial charge in [-0.25, -0.2) is 0 Å². The lowest BCUT2D eigenvalue weighted by atomic mass is 9.87. The highest BCUT2D eigenvalue weighted by atomic mass is 16.5. The van der Waals surface area contributed by atoms with Crippen LogP contribution < -0.4 is 10.6 Å². The van der Waals surface area contributed by atoms with Gasteiger partial charge in [-0.2, -0.15) is 0 Å². The second kappa shape index (κ2) is 16.6. The Labute approximate surface area is 316 Å². The molecule has 2 fully saturated rings. The number of hydrogen-bond donors (Lipinski definition) is 3. The molecular formula is C39H50N4O2. The first-order chi connectivity index (χ1) is 34.9. The zero-order chi connectivity index (χ0) is 60.3. The number of aliphatic hydroxyl groups is 1. The van der Waals surface area contributed by atoms with Crippen LogP contribution in [0.3, 0.4) is 0 Å². The van der Waals surface area contributed by atoms with Crippen molar-refractivity contribution in [3.63, 3.8) is 0 Å². The highest BCUT2D eigenvalue weighted by Gasteiger charge is 2.35. The quantitative estimate of drug-likeness (QED) is 0.166. The van der Waals surface area contributed by atoms with Crippen molar-refractivity contribution in [2.45, 2.75) is 49.7 Å². The summed E-state index contributed by atoms with van der Waals surface area (Å²) in [5.74, 6) is 0. The molecule has 0 unspecified atom stereocenters. The molecule has 4 aromatic carbocycles. The summed E-state index contributed by atoms with van der Waals surface area (Å²) in [6.07, 6.45) is -15.7. The molecule has 238 valence electrons. The van der Waals surface area contributed by atoms with Crippen molar-refractivity contribution in [2.24, 2.45) is 0 Å². The summed E-state index contributed by atoms with van der Waals surface area (Å²) >= 11 is 0. The van der Waals surface area contributed by atoms with Gasteiger partial charge in [0.05, 0.1) is 47.5 Å². The lowest BCUT2D eigenvalue weighted by molar-refractivity contribution is 0.0860. The Morgan fingerprint density at radius 1 is 0.711 bits per heavy atom. The van der Waals surface area contributed by atoms with Crippen LogP contribution in [-0.4, -0.2) is 72.1 Å². The fourth-order valence-corrected chi connectivity index (χ4v) is 3.78. The fraction of sp³-hybridized carbons (Fsp3) is 0.385. The van der Waals surface area contributed by atoms with E-state index in [-0.39, 0.29) is 20.9 Å². The third-order valence-electron chi connectivity index (χ3n) is 5.88. The molecule has 0 bridgehead atoms. The summed E-state index contributed by atoms with van der Waals surface area (Å²) in [6, 6.07) is 5.06. The number of rotatable bonds is 11. The van der Waals surface area contributed by atoms with Crippen LogP contribution in [0.4, 0.5) is 11.4 Å². The molecule has 2 saturated heterocycles. The van der Waals surface area contributed by atoms with E-state index in [1.165, 1.54) is 36.4 Å². The first-order valence-corrected chi connectivity index (χ1v) is 13.2. The van der Waals surface area contributed by atoms with Crippen molar-refractivity contribution in [2.75, 3.05) is 56.8 Å². The Kier molecular flexibility index (Phi) is 4.03. The summed E-state index contributed by atoms with van der Waals surface area (Å²) in [4.78, 5) is 0.422. The third kappa shape index (κ3) is 9.90. The zero-order valence-corrected chi connectivity index (χ0v) is 23.4. The van der Waals surface area contributed by atoms with Gasteiger partial charge in [0.1, 0.15) is 0 Å². The van der Waals surface area contributed by atoms with Crippen LogP contribution in [-0.2, 0) is 17.8 Å². The van der Waals surface area contributed by atoms with Crippen LogP contribution in [0.5, 0.6) is 0 Å². The van der Waals surface area contributed by atoms with E-state index < -0.39 is 168 Å². The standard InChI is InChI=1S/C20H26N2O.C19H24N2O/c1-23-17-20(21-19-10-6-3-7-11-19)12-14-22(15-13-20)16-18-8-4-2-5-9-18;22-16-19(20-18-9-5-2-6-10-18)11-13-21(14-12-19)15-17-7-3-1-4-8-17/h2-11,21H,12-17H2,1H3;1-10,20,22H,11-16H2/i1D3,3D,6D,7D,10D,11D,12D2,13D2,14D2,15D2,17D2;2D,5D,6D,9D,10D,11D2,12D2,13D2,14D2,16D2. The molecular weight excluding hydrogens is 556 g/mol. The van der Waals surface area contributed by atoms with Crippen LogP contribution in [0.25, 0.3) is 0 Å². The Morgan fingerprint density at radius 3 is 1.56 bits per heavy atom. The number of benzene rings is 4. The fourth-order valence-electron chi connectivity index (χ4n) is 3.78. The largest absolute Gasteiger partial charge is 0.394 e. The predicted octanol–water partition coefficient (Wildman–Crippen LogP) is 6.91. The van der Waals surface area contributed by atoms with E-state index in [9.17, 15) is 5.11 Å². The number of anilines is 2. The van der Waals surface area contributed by atoms with Crippen LogP contribution in [0.15, 0.2) is 121 Å². The van der Waals surface area contributed by atoms with Gasteiger partial charge in [0.15, 0.2) is 0 Å². The zero-order valence-electron chi connectivity index (χ0n) is 56.4. The number of methoxy groups -OCH3 is 1. The van der Waals surface area contributed by atoms with Crippen LogP contribution in [0.1, 0.15) is 81.9 Å². The molecule has 45 heavy (non-hydrogen) atoms. The second-order valence-corrected chi connectivity index (χ2v) is 9.16. The maximum atomic E-state index is 10.6. The molecule has 0 aliphatic carbocycles. The Hall–Kier alpha value is -3.68. The van der Waals surface area contributed by atoms with Gasteiger partial charge in [0.2, 0.25) is 0 Å². The summed E-state index contributed by atoms with van der Waals surface area (Å²) in [5, 5.41) is 14.4. The van der Waals surface area contributed by atoms with Crippen molar-refractivity contribution >= 4 is 11.4 Å². The Morgan fingerprint density at radius 2 is 1.13 bits per heavy atom. The number of likely N-dealkylation sites (tertiary alicyclic amines) is 2. The number of nitrogens with zero attached hydrogens (tertiary/aromatic N) is 2. The maximum absolute atomic E-state index is 10.6. The Bertz CT molecular complexity index is 2780. The number of ether oxygens (including phenoxy) is 1. The average molecular weight is 640 g/mol. The van der Waals surface area contributed by atoms with E-state index in [1.807, 2.05) is 10.6 Å². The van der Waals surface area contributed by atoms with E-state index in [0.29, 0.717) is 0 Å². The van der Waals surface area contributed by atoms with Crippen LogP contribution in [0.2, 0.25) is 0 Å². The van der Waals surface area contributed by atoms with E-state index in [4.69, 9.17) is 45.2 Å². The lowest BCUT2D eigenvalue weighted by Crippen LogP contribution is -2.51. The molecule has 0 amide bonds. The van der Waals surface area contributed by atoms with Gasteiger partial charge >= 0.3 is 0 Å². The molecule has 6 rings (SSSR count). The highest BCUT2D eigenvalue weighted by Crippen LogP contribution is 2.29. The SMILES string of the molecule is [2H]c1c([2H])c([2H])c(NC2(C([2H])([2H])O)C([2H])([2H])C([2H])([2H])N(Cc3ccccc3)C([2H])([2H])C2([2H])[2H])c([2H])c1[2H].[2H]c1c([2H])c([2H])c(NC2(C([2H])([2H])OC([2H])([2H])[2H])C([2H])([2H])C([2H])([2H])N(Cc3ccccc3)C([2H])([2H])C2([2H])[2H])c([2H])c1[2H]. The minimum absolute atomic E-state index is 0.183. The first kappa shape index (κ1) is 11.0. The molecule has 6 nitrogen and oxygen atoms in total. The van der Waals surface area contributed by atoms with Gasteiger partial charge in [0.25, 0.3) is 0 Å². The molecule has 0 spiro atoms. The predicted molar refractivity (Wildman–Crippen MR) is 186 cm³/mol. The monoisotopic (exact) mass is 640 g/mol. The van der Waals surface area contributed by atoms with Gasteiger partial charge in [-0.1, -0.05) is 96.9 Å². The number of para-hydroxylation sites is 2. The highest BCUT2D eigenvalue weighted by molar-refractivity contribution is 5.46. The van der Waals surface area contributed by atoms with Gasteiger partial charge in [-0.15, -0.1) is 0 Å². The van der Waals surface area contributed by atoms with Crippen LogP contribution >= 0.6 is 0 Å². The smallest absolute Gasteiger partial charge is 0.0693 e. The van der Waals surface area contributed by atoms with Crippen molar-refractivity contribution in [3.8, 4) is 0 Å². The van der Waals surface area contributed by atoms with Gasteiger partial charge in [-0.05, 0) is 60.8 Å². The molecule has 2 aliphatic heterocycles. The molecule has 0 aromatic heterocycles. The summed E-state index contributed by atoms with van der Waals surface area (Å²) in [5.41, 5.74) is -9.62. The van der Waals surface area contributed by atoms with Crippen molar-refractivity contribution in [3.05, 3.63) is 132 Å². The van der Waals surface area contributed by atoms with Gasteiger partial charge in [0, 0.05) is 79.4 Å². The number of piperidine rings is 2. The summed E-state index contributed by atoms with van der Waals surface area (Å²) < 4.78 is 279. The van der Waals surface area contributed by atoms with Gasteiger partial charge < -0.3 is 20.5 Å². The van der Waals surface area contributed by atoms with E-state index in [2.05, 4.69) is 4.74 Å². The number of nitrogens with one attached hydrogen (secondary N) is 2. The minimum Gasteiger partial charge on any atom is -0.394 e. The molecule has 0 radical (unpaired) electrons. The number of hydrogen-bond acceptors (Lipinski definition) is 6. The average Bonchev–Trinajstić information content (AvgIpc) is 3.30. The maximum Gasteiger partial charge on any atom is 0.0693 e. The Balaban J connectivity index is 0.000000289. The molecule has 0 saturated carbocycles. The topological polar surface area (TPSA) is 60.0 Å². The third-order valence-corrected chi connectivity index (χ3v) is 5.88. The second-order valence-electron chi connectivity index (χ2n) is 9.16. The molecule has 0 atom stereocenters. The molecule has 2 aliphatic rings. The summed E-state index contributed by atoms with van der Waals surface area (Å²) in [6.45, 7) is -24.0. The van der Waals surface area contributed by atoms with Crippen molar-refractivity contribution in [1.29, 1.82) is 0 Å². The van der Waals surface area contributed by atoms with E-state index in [1.54, 1.807) is 24.3 Å². The van der Waals surface area contributed by atoms with Crippen LogP contribution in [0, 0.1) is 0 Å². The molecule has 2 heterocycles. The van der Waals surface area contributed by atoms with E-state index in [0.717, 1.165) is 0 Å². The van der Waals surface area contributed by atoms with Crippen molar-refractivity contribution < 1.29 is 55.1 Å².